The molecule has 0 aromatic heterocycles. The minimum absolute atomic E-state index is 0.318. The molecule has 0 fully saturated rings. The standard InChI is InChI=1S/C12H12F3N3O/c1-8(11(19)17-7-12(13,14)15)18-10-5-3-2-4-9(10)6-16/h2-5,8,18H,7H2,1H3,(H,17,19). The highest BCUT2D eigenvalue weighted by molar-refractivity contribution is 5.84. The Kier molecular flexibility index (Phi) is 4.75. The van der Waals surface area contributed by atoms with Crippen molar-refractivity contribution in [3.05, 3.63) is 29.8 Å². The summed E-state index contributed by atoms with van der Waals surface area (Å²) in [4.78, 5) is 11.4. The molecule has 0 aliphatic heterocycles. The van der Waals surface area contributed by atoms with Crippen LogP contribution in [-0.2, 0) is 4.79 Å². The molecule has 0 saturated carbocycles. The number of rotatable bonds is 4. The smallest absolute Gasteiger partial charge is 0.373 e. The Bertz CT molecular complexity index is 494. The van der Waals surface area contributed by atoms with Crippen molar-refractivity contribution >= 4 is 11.6 Å². The van der Waals surface area contributed by atoms with E-state index in [2.05, 4.69) is 5.32 Å². The van der Waals surface area contributed by atoms with Crippen LogP contribution in [0.15, 0.2) is 24.3 Å². The number of hydrogen-bond acceptors (Lipinski definition) is 3. The second-order valence-electron chi connectivity index (χ2n) is 3.86. The topological polar surface area (TPSA) is 64.9 Å². The predicted octanol–water partition coefficient (Wildman–Crippen LogP) is 2.04. The first-order valence-electron chi connectivity index (χ1n) is 5.43. The van der Waals surface area contributed by atoms with E-state index in [0.29, 0.717) is 11.3 Å². The summed E-state index contributed by atoms with van der Waals surface area (Å²) < 4.78 is 35.8. The van der Waals surface area contributed by atoms with E-state index in [-0.39, 0.29) is 0 Å². The predicted molar refractivity (Wildman–Crippen MR) is 63.3 cm³/mol. The number of nitrogens with zero attached hydrogens (tertiary/aromatic N) is 1. The largest absolute Gasteiger partial charge is 0.405 e. The molecule has 19 heavy (non-hydrogen) atoms. The number of hydrogen-bond donors (Lipinski definition) is 2. The van der Waals surface area contributed by atoms with Gasteiger partial charge in [-0.25, -0.2) is 0 Å². The van der Waals surface area contributed by atoms with E-state index in [1.54, 1.807) is 29.6 Å². The summed E-state index contributed by atoms with van der Waals surface area (Å²) in [5.41, 5.74) is 0.720. The lowest BCUT2D eigenvalue weighted by Gasteiger charge is -2.16. The molecule has 1 amide bonds. The number of carbonyl (C=O) groups is 1. The molecule has 0 aliphatic rings. The lowest BCUT2D eigenvalue weighted by molar-refractivity contribution is -0.138. The number of amides is 1. The van der Waals surface area contributed by atoms with Gasteiger partial charge in [0.05, 0.1) is 11.3 Å². The Balaban J connectivity index is 2.62. The fourth-order valence-corrected chi connectivity index (χ4v) is 1.35. The molecule has 1 aromatic rings. The van der Waals surface area contributed by atoms with Crippen molar-refractivity contribution in [2.24, 2.45) is 0 Å². The summed E-state index contributed by atoms with van der Waals surface area (Å²) in [6, 6.07) is 7.47. The van der Waals surface area contributed by atoms with Gasteiger partial charge in [-0.2, -0.15) is 18.4 Å². The zero-order valence-electron chi connectivity index (χ0n) is 10.1. The molecule has 1 rings (SSSR count). The molecule has 0 radical (unpaired) electrons. The summed E-state index contributed by atoms with van der Waals surface area (Å²) >= 11 is 0. The van der Waals surface area contributed by atoms with Gasteiger partial charge in [0.1, 0.15) is 18.7 Å². The number of benzene rings is 1. The van der Waals surface area contributed by atoms with Crippen molar-refractivity contribution in [2.75, 3.05) is 11.9 Å². The van der Waals surface area contributed by atoms with Gasteiger partial charge < -0.3 is 10.6 Å². The summed E-state index contributed by atoms with van der Waals surface area (Å²) in [6.07, 6.45) is -4.44. The molecule has 1 aromatic carbocycles. The van der Waals surface area contributed by atoms with Crippen LogP contribution in [-0.4, -0.2) is 24.7 Å². The van der Waals surface area contributed by atoms with Gasteiger partial charge in [-0.1, -0.05) is 12.1 Å². The lowest BCUT2D eigenvalue weighted by Crippen LogP contribution is -2.42. The van der Waals surface area contributed by atoms with Crippen molar-refractivity contribution in [1.29, 1.82) is 5.26 Å². The second kappa shape index (κ2) is 6.09. The lowest BCUT2D eigenvalue weighted by atomic mass is 10.1. The van der Waals surface area contributed by atoms with Crippen LogP contribution in [0.5, 0.6) is 0 Å². The normalized spacial score (nSPS) is 12.4. The number of alkyl halides is 3. The molecular formula is C12H12F3N3O. The molecule has 0 bridgehead atoms. The molecule has 1 atom stereocenters. The first-order chi connectivity index (χ1) is 8.83. The van der Waals surface area contributed by atoms with E-state index in [9.17, 15) is 18.0 Å². The fraction of sp³-hybridized carbons (Fsp3) is 0.333. The number of nitrogens with one attached hydrogen (secondary N) is 2. The van der Waals surface area contributed by atoms with Crippen LogP contribution in [0.4, 0.5) is 18.9 Å². The van der Waals surface area contributed by atoms with E-state index >= 15 is 0 Å². The van der Waals surface area contributed by atoms with E-state index in [1.165, 1.54) is 6.92 Å². The van der Waals surface area contributed by atoms with Gasteiger partial charge in [-0.3, -0.25) is 4.79 Å². The first kappa shape index (κ1) is 14.8. The Morgan fingerprint density at radius 3 is 2.63 bits per heavy atom. The number of halogens is 3. The van der Waals surface area contributed by atoms with Crippen LogP contribution < -0.4 is 10.6 Å². The molecular weight excluding hydrogens is 259 g/mol. The quantitative estimate of drug-likeness (QED) is 0.880. The van der Waals surface area contributed by atoms with E-state index in [1.807, 2.05) is 6.07 Å². The van der Waals surface area contributed by atoms with Crippen LogP contribution in [0.1, 0.15) is 12.5 Å². The van der Waals surface area contributed by atoms with Crippen molar-refractivity contribution in [1.82, 2.24) is 5.32 Å². The van der Waals surface area contributed by atoms with Crippen molar-refractivity contribution < 1.29 is 18.0 Å². The average molecular weight is 271 g/mol. The van der Waals surface area contributed by atoms with Gasteiger partial charge in [-0.15, -0.1) is 0 Å². The van der Waals surface area contributed by atoms with Gasteiger partial charge in [0, 0.05) is 0 Å². The van der Waals surface area contributed by atoms with Crippen LogP contribution in [0.25, 0.3) is 0 Å². The number of carbonyl (C=O) groups excluding carboxylic acids is 1. The Labute approximate surface area is 108 Å². The Morgan fingerprint density at radius 2 is 2.05 bits per heavy atom. The van der Waals surface area contributed by atoms with Crippen LogP contribution in [0.2, 0.25) is 0 Å². The highest BCUT2D eigenvalue weighted by Gasteiger charge is 2.28. The molecule has 4 nitrogen and oxygen atoms in total. The highest BCUT2D eigenvalue weighted by Crippen LogP contribution is 2.15. The van der Waals surface area contributed by atoms with Crippen molar-refractivity contribution in [3.8, 4) is 6.07 Å². The van der Waals surface area contributed by atoms with Gasteiger partial charge >= 0.3 is 6.18 Å². The van der Waals surface area contributed by atoms with Crippen LogP contribution in [0.3, 0.4) is 0 Å². The fourth-order valence-electron chi connectivity index (χ4n) is 1.35. The molecule has 102 valence electrons. The molecule has 0 heterocycles. The summed E-state index contributed by atoms with van der Waals surface area (Å²) in [6.45, 7) is 0.0393. The Morgan fingerprint density at radius 1 is 1.42 bits per heavy atom. The maximum absolute atomic E-state index is 11.9. The zero-order chi connectivity index (χ0) is 14.5. The summed E-state index contributed by atoms with van der Waals surface area (Å²) in [5.74, 6) is -0.787. The van der Waals surface area contributed by atoms with Gasteiger partial charge in [0.25, 0.3) is 0 Å². The molecule has 0 spiro atoms. The first-order valence-corrected chi connectivity index (χ1v) is 5.43. The van der Waals surface area contributed by atoms with Gasteiger partial charge in [0.2, 0.25) is 5.91 Å². The van der Waals surface area contributed by atoms with E-state index in [4.69, 9.17) is 5.26 Å². The molecule has 1 unspecified atom stereocenters. The molecule has 0 aliphatic carbocycles. The average Bonchev–Trinajstić information content (AvgIpc) is 2.35. The van der Waals surface area contributed by atoms with Crippen molar-refractivity contribution in [2.45, 2.75) is 19.1 Å². The highest BCUT2D eigenvalue weighted by atomic mass is 19.4. The van der Waals surface area contributed by atoms with Gasteiger partial charge in [-0.05, 0) is 19.1 Å². The maximum atomic E-state index is 11.9. The minimum Gasteiger partial charge on any atom is -0.373 e. The maximum Gasteiger partial charge on any atom is 0.405 e. The SMILES string of the molecule is CC(Nc1ccccc1C#N)C(=O)NCC(F)(F)F. The number of para-hydroxylation sites is 1. The summed E-state index contributed by atoms with van der Waals surface area (Å²) in [5, 5.41) is 13.3. The van der Waals surface area contributed by atoms with E-state index in [0.717, 1.165) is 0 Å². The number of anilines is 1. The monoisotopic (exact) mass is 271 g/mol. The zero-order valence-corrected chi connectivity index (χ0v) is 10.1. The molecule has 7 heteroatoms. The molecule has 2 N–H and O–H groups in total. The third kappa shape index (κ3) is 4.87. The van der Waals surface area contributed by atoms with Gasteiger partial charge in [0.15, 0.2) is 0 Å². The molecule has 0 saturated heterocycles. The van der Waals surface area contributed by atoms with Crippen LogP contribution in [0, 0.1) is 11.3 Å². The van der Waals surface area contributed by atoms with Crippen LogP contribution >= 0.6 is 0 Å². The minimum atomic E-state index is -4.44. The summed E-state index contributed by atoms with van der Waals surface area (Å²) in [7, 11) is 0. The Hall–Kier alpha value is -2.23. The van der Waals surface area contributed by atoms with E-state index < -0.39 is 24.7 Å². The number of nitriles is 1. The second-order valence-corrected chi connectivity index (χ2v) is 3.86. The third-order valence-corrected chi connectivity index (χ3v) is 2.28. The van der Waals surface area contributed by atoms with Crippen molar-refractivity contribution in [3.63, 3.8) is 0 Å². The third-order valence-electron chi connectivity index (χ3n) is 2.28.